The maximum absolute atomic E-state index is 12.5. The monoisotopic (exact) mass is 564 g/mol. The number of hydrogen-bond donors (Lipinski definition) is 3. The molecule has 4 unspecified atom stereocenters. The van der Waals surface area contributed by atoms with Crippen LogP contribution in [0.15, 0.2) is 34.2 Å². The average Bonchev–Trinajstić information content (AvgIpc) is 3.50. The Morgan fingerprint density at radius 3 is 2.61 bits per heavy atom. The Kier molecular flexibility index (Phi) is 8.97. The van der Waals surface area contributed by atoms with Gasteiger partial charge < -0.3 is 20.1 Å². The Hall–Kier alpha value is -0.950. The van der Waals surface area contributed by atoms with E-state index >= 15 is 0 Å². The summed E-state index contributed by atoms with van der Waals surface area (Å²) < 4.78 is 39.0. The van der Waals surface area contributed by atoms with Gasteiger partial charge >= 0.3 is 0 Å². The van der Waals surface area contributed by atoms with Crippen LogP contribution in [0, 0.1) is 0 Å². The van der Waals surface area contributed by atoms with Gasteiger partial charge in [-0.3, -0.25) is 0 Å². The number of halogens is 1. The van der Waals surface area contributed by atoms with Gasteiger partial charge in [-0.2, -0.15) is 0 Å². The highest BCUT2D eigenvalue weighted by Crippen LogP contribution is 2.34. The van der Waals surface area contributed by atoms with Crippen LogP contribution in [0.3, 0.4) is 0 Å². The molecule has 1 aromatic rings. The molecule has 3 aliphatic rings. The van der Waals surface area contributed by atoms with Gasteiger partial charge in [-0.1, -0.05) is 12.1 Å². The molecule has 4 rings (SSSR count). The number of rotatable bonds is 8. The van der Waals surface area contributed by atoms with Crippen molar-refractivity contribution in [1.29, 1.82) is 0 Å². The average molecular weight is 564 g/mol. The maximum atomic E-state index is 12.5. The summed E-state index contributed by atoms with van der Waals surface area (Å²) in [5.41, 5.74) is 0.953. The summed E-state index contributed by atoms with van der Waals surface area (Å²) in [5, 5.41) is 6.78. The van der Waals surface area contributed by atoms with Crippen molar-refractivity contribution in [2.24, 2.45) is 4.99 Å². The highest BCUT2D eigenvalue weighted by atomic mass is 127. The molecule has 4 atom stereocenters. The van der Waals surface area contributed by atoms with Crippen LogP contribution < -0.4 is 15.4 Å². The second kappa shape index (κ2) is 11.3. The van der Waals surface area contributed by atoms with Crippen molar-refractivity contribution in [3.63, 3.8) is 0 Å². The fourth-order valence-electron chi connectivity index (χ4n) is 4.32. The lowest BCUT2D eigenvalue weighted by Gasteiger charge is -2.22. The van der Waals surface area contributed by atoms with Gasteiger partial charge in [-0.15, -0.1) is 24.0 Å². The van der Waals surface area contributed by atoms with E-state index in [2.05, 4.69) is 20.3 Å². The third-order valence-corrected chi connectivity index (χ3v) is 7.39. The first-order chi connectivity index (χ1) is 14.5. The zero-order valence-corrected chi connectivity index (χ0v) is 21.0. The first-order valence-corrected chi connectivity index (χ1v) is 12.4. The van der Waals surface area contributed by atoms with Gasteiger partial charge in [0.25, 0.3) is 0 Å². The summed E-state index contributed by atoms with van der Waals surface area (Å²) >= 11 is 0. The highest BCUT2D eigenvalue weighted by molar-refractivity contribution is 14.0. The van der Waals surface area contributed by atoms with Crippen molar-refractivity contribution >= 4 is 40.0 Å². The molecule has 2 bridgehead atoms. The third kappa shape index (κ3) is 6.53. The van der Waals surface area contributed by atoms with Gasteiger partial charge in [-0.25, -0.2) is 18.1 Å². The predicted octanol–water partition coefficient (Wildman–Crippen LogP) is 2.14. The van der Waals surface area contributed by atoms with E-state index in [4.69, 9.17) is 9.47 Å². The topological polar surface area (TPSA) is 101 Å². The van der Waals surface area contributed by atoms with Gasteiger partial charge in [0.05, 0.1) is 35.8 Å². The van der Waals surface area contributed by atoms with Crippen LogP contribution in [0.1, 0.15) is 44.6 Å². The van der Waals surface area contributed by atoms with Crippen LogP contribution in [0.25, 0.3) is 0 Å². The number of guanidine groups is 1. The quantitative estimate of drug-likeness (QED) is 0.254. The Morgan fingerprint density at radius 1 is 1.19 bits per heavy atom. The van der Waals surface area contributed by atoms with Gasteiger partial charge in [0.1, 0.15) is 0 Å². The number of nitrogens with zero attached hydrogens (tertiary/aromatic N) is 1. The van der Waals surface area contributed by atoms with E-state index in [1.807, 2.05) is 19.1 Å². The predicted molar refractivity (Wildman–Crippen MR) is 130 cm³/mol. The van der Waals surface area contributed by atoms with Crippen LogP contribution in [-0.4, -0.2) is 58.4 Å². The summed E-state index contributed by atoms with van der Waals surface area (Å²) in [6.45, 7) is 4.32. The molecule has 0 aliphatic carbocycles. The lowest BCUT2D eigenvalue weighted by atomic mass is 9.96. The molecular formula is C21H33IN4O4S. The molecule has 0 aromatic heterocycles. The molecule has 0 spiro atoms. The SMILES string of the molecule is CCNC(=NCc1ccc(S(=O)(=O)NCC2CCCO2)cc1)NC1CC2CCC1O2.I. The minimum absolute atomic E-state index is 0. The van der Waals surface area contributed by atoms with Gasteiger partial charge in [-0.05, 0) is 56.7 Å². The van der Waals surface area contributed by atoms with Crippen molar-refractivity contribution in [3.8, 4) is 0 Å². The lowest BCUT2D eigenvalue weighted by Crippen LogP contribution is -2.47. The molecule has 3 N–H and O–H groups in total. The Balaban J connectivity index is 0.00000272. The standard InChI is InChI=1S/C21H32N4O4S.HI/c1-2-22-21(25-19-12-16-7-10-20(19)29-16)23-13-15-5-8-18(9-6-15)30(26,27)24-14-17-4-3-11-28-17;/h5-6,8-9,16-17,19-20,24H,2-4,7,10-14H2,1H3,(H2,22,23,25);1H. The largest absolute Gasteiger partial charge is 0.377 e. The molecule has 3 fully saturated rings. The Bertz CT molecular complexity index is 843. The number of fused-ring (bicyclic) bond motifs is 2. The minimum atomic E-state index is -3.53. The molecular weight excluding hydrogens is 531 g/mol. The van der Waals surface area contributed by atoms with Crippen molar-refractivity contribution in [2.75, 3.05) is 19.7 Å². The summed E-state index contributed by atoms with van der Waals surface area (Å²) in [6.07, 6.45) is 5.83. The third-order valence-electron chi connectivity index (χ3n) is 5.95. The van der Waals surface area contributed by atoms with Crippen LogP contribution in [0.5, 0.6) is 0 Å². The fourth-order valence-corrected chi connectivity index (χ4v) is 5.39. The highest BCUT2D eigenvalue weighted by Gasteiger charge is 2.41. The number of aliphatic imine (C=N–C) groups is 1. The first-order valence-electron chi connectivity index (χ1n) is 10.9. The first kappa shape index (κ1) is 24.7. The molecule has 10 heteroatoms. The van der Waals surface area contributed by atoms with Crippen LogP contribution in [0.2, 0.25) is 0 Å². The smallest absolute Gasteiger partial charge is 0.240 e. The number of hydrogen-bond acceptors (Lipinski definition) is 5. The Morgan fingerprint density at radius 2 is 2.00 bits per heavy atom. The molecule has 174 valence electrons. The minimum Gasteiger partial charge on any atom is -0.377 e. The normalized spacial score (nSPS) is 27.8. The number of benzene rings is 1. The molecule has 3 aliphatic heterocycles. The van der Waals surface area contributed by atoms with E-state index in [1.54, 1.807) is 12.1 Å². The summed E-state index contributed by atoms with van der Waals surface area (Å²) in [7, 11) is -3.53. The van der Waals surface area contributed by atoms with Crippen molar-refractivity contribution in [3.05, 3.63) is 29.8 Å². The molecule has 0 radical (unpaired) electrons. The molecule has 8 nitrogen and oxygen atoms in total. The number of nitrogens with one attached hydrogen (secondary N) is 3. The van der Waals surface area contributed by atoms with Crippen LogP contribution >= 0.6 is 24.0 Å². The van der Waals surface area contributed by atoms with Crippen molar-refractivity contribution < 1.29 is 17.9 Å². The summed E-state index contributed by atoms with van der Waals surface area (Å²) in [5.74, 6) is 0.772. The van der Waals surface area contributed by atoms with Gasteiger partial charge in [0.2, 0.25) is 10.0 Å². The second-order valence-corrected chi connectivity index (χ2v) is 9.95. The van der Waals surface area contributed by atoms with E-state index in [0.29, 0.717) is 31.8 Å². The zero-order valence-electron chi connectivity index (χ0n) is 17.9. The van der Waals surface area contributed by atoms with E-state index < -0.39 is 10.0 Å². The zero-order chi connectivity index (χ0) is 21.0. The lowest BCUT2D eigenvalue weighted by molar-refractivity contribution is 0.0992. The molecule has 3 heterocycles. The van der Waals surface area contributed by atoms with E-state index in [9.17, 15) is 8.42 Å². The Labute approximate surface area is 202 Å². The van der Waals surface area contributed by atoms with Gasteiger partial charge in [0, 0.05) is 19.7 Å². The molecule has 31 heavy (non-hydrogen) atoms. The maximum Gasteiger partial charge on any atom is 0.240 e. The fraction of sp³-hybridized carbons (Fsp3) is 0.667. The van der Waals surface area contributed by atoms with E-state index in [1.165, 1.54) is 0 Å². The number of sulfonamides is 1. The van der Waals surface area contributed by atoms with Gasteiger partial charge in [0.15, 0.2) is 5.96 Å². The van der Waals surface area contributed by atoms with Crippen molar-refractivity contribution in [1.82, 2.24) is 15.4 Å². The molecule has 0 saturated carbocycles. The van der Waals surface area contributed by atoms with Crippen LogP contribution in [-0.2, 0) is 26.0 Å². The molecule has 1 aromatic carbocycles. The summed E-state index contributed by atoms with van der Waals surface area (Å²) in [6, 6.07) is 7.20. The van der Waals surface area contributed by atoms with E-state index in [0.717, 1.165) is 50.2 Å². The second-order valence-electron chi connectivity index (χ2n) is 8.19. The number of ether oxygens (including phenoxy) is 2. The molecule has 3 saturated heterocycles. The van der Waals surface area contributed by atoms with E-state index in [-0.39, 0.29) is 41.1 Å². The van der Waals surface area contributed by atoms with Crippen LogP contribution in [0.4, 0.5) is 0 Å². The van der Waals surface area contributed by atoms with Crippen molar-refractivity contribution in [2.45, 2.75) is 74.8 Å². The molecule has 0 amide bonds. The summed E-state index contributed by atoms with van der Waals surface area (Å²) in [4.78, 5) is 4.93.